The summed E-state index contributed by atoms with van der Waals surface area (Å²) in [5.74, 6) is 0.562. The van der Waals surface area contributed by atoms with Gasteiger partial charge in [-0.15, -0.1) is 24.0 Å². The Morgan fingerprint density at radius 1 is 1.22 bits per heavy atom. The number of nitrogens with zero attached hydrogens (tertiary/aromatic N) is 3. The fourth-order valence-corrected chi connectivity index (χ4v) is 3.39. The first-order chi connectivity index (χ1) is 14.8. The Kier molecular flexibility index (Phi) is 9.85. The predicted molar refractivity (Wildman–Crippen MR) is 131 cm³/mol. The Hall–Kier alpha value is -2.24. The zero-order valence-electron chi connectivity index (χ0n) is 18.2. The van der Waals surface area contributed by atoms with Crippen LogP contribution < -0.4 is 20.3 Å². The maximum atomic E-state index is 12.2. The van der Waals surface area contributed by atoms with Crippen molar-refractivity contribution in [2.75, 3.05) is 31.6 Å². The molecule has 1 aliphatic heterocycles. The third-order valence-electron chi connectivity index (χ3n) is 5.06. The lowest BCUT2D eigenvalue weighted by Gasteiger charge is -2.22. The van der Waals surface area contributed by atoms with Gasteiger partial charge in [-0.2, -0.15) is 13.2 Å². The molecule has 2 aromatic rings. The van der Waals surface area contributed by atoms with Crippen LogP contribution in [0.1, 0.15) is 36.9 Å². The van der Waals surface area contributed by atoms with E-state index in [2.05, 4.69) is 61.4 Å². The number of alkyl halides is 3. The lowest BCUT2D eigenvalue weighted by atomic mass is 10.1. The van der Waals surface area contributed by atoms with E-state index < -0.39 is 12.8 Å². The third-order valence-corrected chi connectivity index (χ3v) is 5.06. The molecule has 0 spiro atoms. The fraction of sp³-hybridized carbons (Fsp3) is 0.455. The van der Waals surface area contributed by atoms with E-state index in [4.69, 9.17) is 0 Å². The normalized spacial score (nSPS) is 15.2. The molecule has 176 valence electrons. The summed E-state index contributed by atoms with van der Waals surface area (Å²) in [4.78, 5) is 10.6. The predicted octanol–water partition coefficient (Wildman–Crippen LogP) is 4.67. The van der Waals surface area contributed by atoms with Gasteiger partial charge >= 0.3 is 6.18 Å². The molecule has 0 bridgehead atoms. The number of rotatable bonds is 7. The van der Waals surface area contributed by atoms with Crippen molar-refractivity contribution in [3.8, 4) is 5.88 Å². The molecule has 1 aromatic heterocycles. The van der Waals surface area contributed by atoms with E-state index in [-0.39, 0.29) is 35.9 Å². The van der Waals surface area contributed by atoms with Crippen LogP contribution in [-0.4, -0.2) is 43.9 Å². The largest absolute Gasteiger partial charge is 0.468 e. The Labute approximate surface area is 203 Å². The van der Waals surface area contributed by atoms with Gasteiger partial charge in [0.05, 0.1) is 6.04 Å². The topological polar surface area (TPSA) is 61.8 Å². The number of pyridine rings is 1. The Balaban J connectivity index is 0.00000363. The zero-order valence-corrected chi connectivity index (χ0v) is 20.5. The van der Waals surface area contributed by atoms with Crippen LogP contribution in [0.15, 0.2) is 47.6 Å². The van der Waals surface area contributed by atoms with E-state index >= 15 is 0 Å². The highest BCUT2D eigenvalue weighted by Gasteiger charge is 2.28. The number of benzene rings is 1. The van der Waals surface area contributed by atoms with Gasteiger partial charge < -0.3 is 20.3 Å². The molecular weight excluding hydrogens is 534 g/mol. The van der Waals surface area contributed by atoms with Crippen LogP contribution in [0.5, 0.6) is 5.88 Å². The van der Waals surface area contributed by atoms with Crippen molar-refractivity contribution in [3.63, 3.8) is 0 Å². The number of aromatic nitrogens is 1. The van der Waals surface area contributed by atoms with Gasteiger partial charge in [-0.25, -0.2) is 4.98 Å². The second-order valence-electron chi connectivity index (χ2n) is 7.49. The van der Waals surface area contributed by atoms with Crippen molar-refractivity contribution in [3.05, 3.63) is 53.7 Å². The van der Waals surface area contributed by atoms with Crippen molar-refractivity contribution in [1.29, 1.82) is 0 Å². The number of anilines is 1. The summed E-state index contributed by atoms with van der Waals surface area (Å²) in [6, 6.07) is 11.7. The first kappa shape index (κ1) is 26.0. The molecule has 1 aliphatic rings. The molecule has 6 nitrogen and oxygen atoms in total. The quantitative estimate of drug-likeness (QED) is 0.292. The lowest BCUT2D eigenvalue weighted by molar-refractivity contribution is -0.154. The highest BCUT2D eigenvalue weighted by atomic mass is 127. The summed E-state index contributed by atoms with van der Waals surface area (Å²) in [5, 5.41) is 6.57. The van der Waals surface area contributed by atoms with Crippen molar-refractivity contribution < 1.29 is 17.9 Å². The van der Waals surface area contributed by atoms with E-state index in [1.54, 1.807) is 13.1 Å². The Morgan fingerprint density at radius 3 is 2.59 bits per heavy atom. The van der Waals surface area contributed by atoms with E-state index in [1.165, 1.54) is 36.4 Å². The van der Waals surface area contributed by atoms with Crippen LogP contribution in [0.3, 0.4) is 0 Å². The molecule has 0 radical (unpaired) electrons. The van der Waals surface area contributed by atoms with Gasteiger partial charge in [0.1, 0.15) is 0 Å². The second kappa shape index (κ2) is 12.1. The summed E-state index contributed by atoms with van der Waals surface area (Å²) in [7, 11) is 1.69. The van der Waals surface area contributed by atoms with Gasteiger partial charge in [0.15, 0.2) is 12.6 Å². The van der Waals surface area contributed by atoms with Gasteiger partial charge in [0.25, 0.3) is 0 Å². The molecule has 1 atom stereocenters. The Bertz CT molecular complexity index is 871. The summed E-state index contributed by atoms with van der Waals surface area (Å²) >= 11 is 0. The molecule has 32 heavy (non-hydrogen) atoms. The summed E-state index contributed by atoms with van der Waals surface area (Å²) in [6.45, 7) is 3.34. The van der Waals surface area contributed by atoms with Gasteiger partial charge in [0.2, 0.25) is 5.88 Å². The minimum absolute atomic E-state index is 0. The number of nitrogens with one attached hydrogen (secondary N) is 2. The molecule has 3 rings (SSSR count). The molecule has 1 fully saturated rings. The van der Waals surface area contributed by atoms with E-state index in [0.29, 0.717) is 12.5 Å². The van der Waals surface area contributed by atoms with Gasteiger partial charge in [-0.3, -0.25) is 4.99 Å². The van der Waals surface area contributed by atoms with Gasteiger partial charge in [0, 0.05) is 44.6 Å². The van der Waals surface area contributed by atoms with Crippen molar-refractivity contribution in [2.45, 2.75) is 38.5 Å². The molecule has 0 saturated carbocycles. The molecule has 1 unspecified atom stereocenters. The molecular formula is C22H29F3IN5O. The molecule has 0 amide bonds. The average Bonchev–Trinajstić information content (AvgIpc) is 3.30. The van der Waals surface area contributed by atoms with Crippen molar-refractivity contribution in [2.24, 2.45) is 4.99 Å². The number of hydrogen-bond acceptors (Lipinski definition) is 4. The maximum Gasteiger partial charge on any atom is 0.422 e. The smallest absolute Gasteiger partial charge is 0.422 e. The number of hydrogen-bond donors (Lipinski definition) is 2. The standard InChI is InChI=1S/C22H28F3N5O.HI/c1-16(18-6-5-7-19(12-18)30-10-3-4-11-30)29-21(26-2)28-14-17-8-9-20(27-13-17)31-15-22(23,24)25;/h5-9,12-13,16H,3-4,10-11,14-15H2,1-2H3,(H2,26,28,29);1H. The van der Waals surface area contributed by atoms with Gasteiger partial charge in [-0.05, 0) is 43.0 Å². The molecule has 2 heterocycles. The van der Waals surface area contributed by atoms with Crippen LogP contribution in [0, 0.1) is 0 Å². The van der Waals surface area contributed by atoms with E-state index in [9.17, 15) is 13.2 Å². The van der Waals surface area contributed by atoms with Crippen molar-refractivity contribution in [1.82, 2.24) is 15.6 Å². The number of aliphatic imine (C=N–C) groups is 1. The first-order valence-corrected chi connectivity index (χ1v) is 10.3. The SMILES string of the molecule is CN=C(NCc1ccc(OCC(F)(F)F)nc1)NC(C)c1cccc(N2CCCC2)c1.I. The van der Waals surface area contributed by atoms with Crippen LogP contribution in [0.2, 0.25) is 0 Å². The summed E-state index contributed by atoms with van der Waals surface area (Å²) < 4.78 is 41.3. The lowest BCUT2D eigenvalue weighted by Crippen LogP contribution is -2.38. The minimum atomic E-state index is -4.38. The maximum absolute atomic E-state index is 12.2. The van der Waals surface area contributed by atoms with Gasteiger partial charge in [-0.1, -0.05) is 18.2 Å². The fourth-order valence-electron chi connectivity index (χ4n) is 3.39. The number of guanidine groups is 1. The summed E-state index contributed by atoms with van der Waals surface area (Å²) in [5.41, 5.74) is 3.21. The van der Waals surface area contributed by atoms with Crippen molar-refractivity contribution >= 4 is 35.6 Å². The molecule has 1 aromatic carbocycles. The highest BCUT2D eigenvalue weighted by molar-refractivity contribution is 14.0. The van der Waals surface area contributed by atoms with E-state index in [0.717, 1.165) is 18.7 Å². The zero-order chi connectivity index (χ0) is 22.3. The Morgan fingerprint density at radius 2 is 1.97 bits per heavy atom. The van der Waals surface area contributed by atoms with Crippen LogP contribution in [0.4, 0.5) is 18.9 Å². The van der Waals surface area contributed by atoms with E-state index in [1.807, 2.05) is 0 Å². The monoisotopic (exact) mass is 563 g/mol. The van der Waals surface area contributed by atoms with Crippen LogP contribution in [0.25, 0.3) is 0 Å². The third kappa shape index (κ3) is 8.03. The number of ether oxygens (including phenoxy) is 1. The molecule has 0 aliphatic carbocycles. The molecule has 1 saturated heterocycles. The van der Waals surface area contributed by atoms with Crippen LogP contribution >= 0.6 is 24.0 Å². The highest BCUT2D eigenvalue weighted by Crippen LogP contribution is 2.24. The number of halogens is 4. The first-order valence-electron chi connectivity index (χ1n) is 10.3. The minimum Gasteiger partial charge on any atom is -0.468 e. The second-order valence-corrected chi connectivity index (χ2v) is 7.49. The molecule has 10 heteroatoms. The molecule has 2 N–H and O–H groups in total. The summed E-state index contributed by atoms with van der Waals surface area (Å²) in [6.07, 6.45) is -0.433. The van der Waals surface area contributed by atoms with Crippen LogP contribution in [-0.2, 0) is 6.54 Å². The average molecular weight is 563 g/mol.